The van der Waals surface area contributed by atoms with Crippen LogP contribution in [0.2, 0.25) is 0 Å². The van der Waals surface area contributed by atoms with Crippen LogP contribution in [0.5, 0.6) is 11.5 Å². The van der Waals surface area contributed by atoms with Gasteiger partial charge in [-0.2, -0.15) is 9.78 Å². The number of halogens is 3. The van der Waals surface area contributed by atoms with E-state index in [0.29, 0.717) is 38.3 Å². The molecule has 0 aliphatic rings. The molecule has 0 unspecified atom stereocenters. The number of ether oxygens (including phenoxy) is 2. The number of benzene rings is 2. The van der Waals surface area contributed by atoms with E-state index in [1.807, 2.05) is 32.9 Å². The van der Waals surface area contributed by atoms with Gasteiger partial charge in [-0.3, -0.25) is 4.79 Å². The van der Waals surface area contributed by atoms with Gasteiger partial charge in [0.25, 0.3) is 5.56 Å². The minimum absolute atomic E-state index is 0.238. The molecular formula is C21H20Br3N3O3. The fourth-order valence-corrected chi connectivity index (χ4v) is 4.25. The van der Waals surface area contributed by atoms with Gasteiger partial charge in [-0.15, -0.1) is 0 Å². The van der Waals surface area contributed by atoms with Crippen LogP contribution in [0, 0.1) is 0 Å². The first-order valence-electron chi connectivity index (χ1n) is 8.95. The minimum atomic E-state index is -0.396. The van der Waals surface area contributed by atoms with Crippen LogP contribution in [-0.4, -0.2) is 30.1 Å². The van der Waals surface area contributed by atoms with Crippen molar-refractivity contribution in [3.05, 3.63) is 59.4 Å². The molecule has 0 fully saturated rings. The molecule has 1 aromatic heterocycles. The van der Waals surface area contributed by atoms with Gasteiger partial charge in [0.05, 0.1) is 35.8 Å². The van der Waals surface area contributed by atoms with E-state index in [2.05, 4.69) is 52.9 Å². The molecule has 0 saturated carbocycles. The maximum atomic E-state index is 13.3. The molecule has 9 heteroatoms. The smallest absolute Gasteiger partial charge is 0.282 e. The molecule has 0 radical (unpaired) electrons. The van der Waals surface area contributed by atoms with E-state index >= 15 is 0 Å². The lowest BCUT2D eigenvalue weighted by Crippen LogP contribution is -2.29. The topological polar surface area (TPSA) is 65.7 Å². The molecule has 6 nitrogen and oxygen atoms in total. The van der Waals surface area contributed by atoms with Crippen LogP contribution in [-0.2, 0) is 5.41 Å². The zero-order chi connectivity index (χ0) is 22.2. The molecule has 0 aliphatic carbocycles. The number of nitrogens with zero attached hydrogens (tertiary/aromatic N) is 3. The first-order chi connectivity index (χ1) is 14.1. The predicted octanol–water partition coefficient (Wildman–Crippen LogP) is 5.88. The summed E-state index contributed by atoms with van der Waals surface area (Å²) in [5.41, 5.74) is 0.709. The van der Waals surface area contributed by atoms with Crippen molar-refractivity contribution in [3.8, 4) is 11.5 Å². The van der Waals surface area contributed by atoms with Crippen LogP contribution in [0.25, 0.3) is 10.9 Å². The SMILES string of the molecule is COc1cc(C=Nn2c(C(C)(C)C)nc3ccc(Br)cc3c2=O)c(Br)c(Br)c1OC. The Morgan fingerprint density at radius 3 is 2.37 bits per heavy atom. The molecule has 0 amide bonds. The van der Waals surface area contributed by atoms with Gasteiger partial charge >= 0.3 is 0 Å². The Labute approximate surface area is 199 Å². The van der Waals surface area contributed by atoms with E-state index in [0.717, 1.165) is 8.95 Å². The Hall–Kier alpha value is -1.71. The number of aromatic nitrogens is 2. The molecular weight excluding hydrogens is 582 g/mol. The summed E-state index contributed by atoms with van der Waals surface area (Å²) < 4.78 is 14.4. The van der Waals surface area contributed by atoms with Crippen LogP contribution < -0.4 is 15.0 Å². The van der Waals surface area contributed by atoms with Crippen LogP contribution in [0.15, 0.2) is 47.6 Å². The number of methoxy groups -OCH3 is 2. The average Bonchev–Trinajstić information content (AvgIpc) is 2.69. The molecule has 0 spiro atoms. The summed E-state index contributed by atoms with van der Waals surface area (Å²) in [6, 6.07) is 7.23. The normalized spacial score (nSPS) is 12.0. The lowest BCUT2D eigenvalue weighted by molar-refractivity contribution is 0.353. The summed E-state index contributed by atoms with van der Waals surface area (Å²) in [6.07, 6.45) is 1.60. The van der Waals surface area contributed by atoms with Crippen molar-refractivity contribution in [2.75, 3.05) is 14.2 Å². The van der Waals surface area contributed by atoms with E-state index in [-0.39, 0.29) is 5.56 Å². The van der Waals surface area contributed by atoms with E-state index < -0.39 is 5.41 Å². The maximum Gasteiger partial charge on any atom is 0.282 e. The first-order valence-corrected chi connectivity index (χ1v) is 11.3. The average molecular weight is 602 g/mol. The molecule has 3 rings (SSSR count). The minimum Gasteiger partial charge on any atom is -0.493 e. The van der Waals surface area contributed by atoms with E-state index in [9.17, 15) is 4.79 Å². The van der Waals surface area contributed by atoms with Gasteiger partial charge in [0.1, 0.15) is 5.82 Å². The van der Waals surface area contributed by atoms with Crippen LogP contribution in [0.3, 0.4) is 0 Å². The highest BCUT2D eigenvalue weighted by atomic mass is 79.9. The Bertz CT molecular complexity index is 1210. The molecule has 0 bridgehead atoms. The Morgan fingerprint density at radius 1 is 1.07 bits per heavy atom. The molecule has 2 aromatic carbocycles. The van der Waals surface area contributed by atoms with Gasteiger partial charge in [-0.1, -0.05) is 36.7 Å². The predicted molar refractivity (Wildman–Crippen MR) is 130 cm³/mol. The van der Waals surface area contributed by atoms with Gasteiger partial charge < -0.3 is 9.47 Å². The highest BCUT2D eigenvalue weighted by Crippen LogP contribution is 2.42. The molecule has 0 aliphatic heterocycles. The molecule has 0 N–H and O–H groups in total. The van der Waals surface area contributed by atoms with Gasteiger partial charge in [0.15, 0.2) is 11.5 Å². The highest BCUT2D eigenvalue weighted by molar-refractivity contribution is 9.13. The molecule has 30 heavy (non-hydrogen) atoms. The fourth-order valence-electron chi connectivity index (χ4n) is 2.90. The second-order valence-corrected chi connectivity index (χ2v) is 10.0. The van der Waals surface area contributed by atoms with E-state index in [1.165, 1.54) is 4.68 Å². The monoisotopic (exact) mass is 599 g/mol. The quantitative estimate of drug-likeness (QED) is 0.350. The summed E-state index contributed by atoms with van der Waals surface area (Å²) in [5, 5.41) is 5.00. The third-order valence-electron chi connectivity index (χ3n) is 4.37. The van der Waals surface area contributed by atoms with Crippen molar-refractivity contribution in [2.45, 2.75) is 26.2 Å². The number of fused-ring (bicyclic) bond motifs is 1. The van der Waals surface area contributed by atoms with Gasteiger partial charge in [0, 0.05) is 19.9 Å². The Kier molecular flexibility index (Phi) is 6.74. The second-order valence-electron chi connectivity index (χ2n) is 7.54. The number of rotatable bonds is 4. The lowest BCUT2D eigenvalue weighted by atomic mass is 9.95. The van der Waals surface area contributed by atoms with Crippen LogP contribution in [0.1, 0.15) is 32.2 Å². The zero-order valence-corrected chi connectivity index (χ0v) is 21.8. The summed E-state index contributed by atoms with van der Waals surface area (Å²) in [6.45, 7) is 5.98. The molecule has 0 saturated heterocycles. The van der Waals surface area contributed by atoms with Crippen molar-refractivity contribution in [2.24, 2.45) is 5.10 Å². The van der Waals surface area contributed by atoms with Crippen LogP contribution >= 0.6 is 47.8 Å². The summed E-state index contributed by atoms with van der Waals surface area (Å²) in [5.74, 6) is 1.67. The Balaban J connectivity index is 2.25. The fraction of sp³-hybridized carbons (Fsp3) is 0.286. The largest absolute Gasteiger partial charge is 0.493 e. The number of hydrogen-bond donors (Lipinski definition) is 0. The van der Waals surface area contributed by atoms with Crippen molar-refractivity contribution >= 4 is 64.9 Å². The van der Waals surface area contributed by atoms with Gasteiger partial charge in [-0.05, 0) is 56.1 Å². The van der Waals surface area contributed by atoms with E-state index in [1.54, 1.807) is 32.6 Å². The second kappa shape index (κ2) is 8.80. The van der Waals surface area contributed by atoms with Gasteiger partial charge in [-0.25, -0.2) is 4.98 Å². The third kappa shape index (κ3) is 4.33. The van der Waals surface area contributed by atoms with Crippen molar-refractivity contribution < 1.29 is 9.47 Å². The first kappa shape index (κ1) is 23.0. The highest BCUT2D eigenvalue weighted by Gasteiger charge is 2.23. The molecule has 1 heterocycles. The molecule has 0 atom stereocenters. The van der Waals surface area contributed by atoms with Crippen molar-refractivity contribution in [1.82, 2.24) is 9.66 Å². The molecule has 3 aromatic rings. The third-order valence-corrected chi connectivity index (χ3v) is 7.01. The van der Waals surface area contributed by atoms with E-state index in [4.69, 9.17) is 14.5 Å². The van der Waals surface area contributed by atoms with Crippen molar-refractivity contribution in [3.63, 3.8) is 0 Å². The molecule has 158 valence electrons. The zero-order valence-electron chi connectivity index (χ0n) is 17.1. The summed E-state index contributed by atoms with van der Waals surface area (Å²) >= 11 is 10.5. The Morgan fingerprint density at radius 2 is 1.77 bits per heavy atom. The summed E-state index contributed by atoms with van der Waals surface area (Å²) in [7, 11) is 3.13. The standard InChI is InChI=1S/C21H20Br3N3O3/c1-21(2,3)20-26-14-7-6-12(22)9-13(14)19(28)27(20)25-10-11-8-15(29-4)18(30-5)17(24)16(11)23/h6-10H,1-5H3. The maximum absolute atomic E-state index is 13.3. The lowest BCUT2D eigenvalue weighted by Gasteiger charge is -2.21. The van der Waals surface area contributed by atoms with Crippen molar-refractivity contribution in [1.29, 1.82) is 0 Å². The van der Waals surface area contributed by atoms with Crippen LogP contribution in [0.4, 0.5) is 0 Å². The number of hydrogen-bond acceptors (Lipinski definition) is 5. The van der Waals surface area contributed by atoms with Gasteiger partial charge in [0.2, 0.25) is 0 Å². The summed E-state index contributed by atoms with van der Waals surface area (Å²) in [4.78, 5) is 18.0.